The van der Waals surface area contributed by atoms with E-state index in [2.05, 4.69) is 29.7 Å². The van der Waals surface area contributed by atoms with Crippen molar-refractivity contribution < 1.29 is 19.7 Å². The minimum absolute atomic E-state index is 0.0367. The van der Waals surface area contributed by atoms with Gasteiger partial charge in [0.15, 0.2) is 17.0 Å². The van der Waals surface area contributed by atoms with E-state index in [1.54, 1.807) is 19.8 Å². The zero-order chi connectivity index (χ0) is 20.9. The van der Waals surface area contributed by atoms with E-state index in [1.165, 1.54) is 0 Å². The van der Waals surface area contributed by atoms with Crippen molar-refractivity contribution in [3.63, 3.8) is 0 Å². The monoisotopic (exact) mass is 421 g/mol. The number of anilines is 1. The van der Waals surface area contributed by atoms with Crippen LogP contribution in [-0.2, 0) is 9.47 Å². The molecule has 2 aliphatic rings. The molecule has 0 radical (unpaired) electrons. The Kier molecular flexibility index (Phi) is 7.08. The van der Waals surface area contributed by atoms with Crippen LogP contribution >= 0.6 is 0 Å². The second kappa shape index (κ2) is 9.94. The Balaban J connectivity index is 1.54. The van der Waals surface area contributed by atoms with Crippen molar-refractivity contribution in [2.24, 2.45) is 0 Å². The van der Waals surface area contributed by atoms with Gasteiger partial charge in [0.1, 0.15) is 12.6 Å². The molecule has 11 heteroatoms. The van der Waals surface area contributed by atoms with Crippen molar-refractivity contribution in [1.82, 2.24) is 29.3 Å². The van der Waals surface area contributed by atoms with Gasteiger partial charge in [-0.25, -0.2) is 15.0 Å². The van der Waals surface area contributed by atoms with Crippen LogP contribution in [0.2, 0.25) is 0 Å². The van der Waals surface area contributed by atoms with Crippen LogP contribution in [0.4, 0.5) is 5.82 Å². The number of morpholine rings is 1. The number of hydrogen-bond acceptors (Lipinski definition) is 10. The molecular formula is C19H31N7O4. The molecule has 2 saturated heterocycles. The number of β-amino-alcohol motifs (C(OH)–C–C–N with tert-alkyl or cyclic N) is 1. The van der Waals surface area contributed by atoms with E-state index in [9.17, 15) is 5.11 Å². The highest BCUT2D eigenvalue weighted by molar-refractivity contribution is 5.83. The fraction of sp³-hybridized carbons (Fsp3) is 0.737. The number of methoxy groups -OCH3 is 1. The summed E-state index contributed by atoms with van der Waals surface area (Å²) in [4.78, 5) is 20.3. The highest BCUT2D eigenvalue weighted by Crippen LogP contribution is 2.27. The molecule has 11 nitrogen and oxygen atoms in total. The number of piperazine rings is 1. The summed E-state index contributed by atoms with van der Waals surface area (Å²) in [5.74, 6) is 0.827. The largest absolute Gasteiger partial charge is 0.395 e. The summed E-state index contributed by atoms with van der Waals surface area (Å²) < 4.78 is 13.3. The topological polar surface area (TPSA) is 112 Å². The second-order valence-corrected chi connectivity index (χ2v) is 7.72. The molecule has 0 aliphatic carbocycles. The van der Waals surface area contributed by atoms with Crippen LogP contribution in [0.5, 0.6) is 0 Å². The maximum Gasteiger partial charge on any atom is 0.167 e. The van der Waals surface area contributed by atoms with E-state index in [0.717, 1.165) is 49.7 Å². The lowest BCUT2D eigenvalue weighted by molar-refractivity contribution is -0.135. The minimum atomic E-state index is -0.290. The Morgan fingerprint density at radius 1 is 1.07 bits per heavy atom. The van der Waals surface area contributed by atoms with Crippen molar-refractivity contribution in [3.05, 3.63) is 12.7 Å². The molecule has 0 aromatic carbocycles. The number of nitrogens with zero attached hydrogens (tertiary/aromatic N) is 7. The number of ether oxygens (including phenoxy) is 2. The van der Waals surface area contributed by atoms with Crippen LogP contribution in [0.25, 0.3) is 11.2 Å². The first-order valence-corrected chi connectivity index (χ1v) is 10.5. The fourth-order valence-electron chi connectivity index (χ4n) is 4.16. The Morgan fingerprint density at radius 3 is 2.63 bits per heavy atom. The lowest BCUT2D eigenvalue weighted by Gasteiger charge is -2.37. The Labute approximate surface area is 175 Å². The predicted octanol–water partition coefficient (Wildman–Crippen LogP) is -1.22. The molecule has 166 valence electrons. The van der Waals surface area contributed by atoms with Crippen molar-refractivity contribution in [3.8, 4) is 0 Å². The van der Waals surface area contributed by atoms with E-state index >= 15 is 0 Å². The summed E-state index contributed by atoms with van der Waals surface area (Å²) in [7, 11) is 1.69. The number of aliphatic hydroxyl groups excluding tert-OH is 2. The number of aliphatic hydroxyl groups is 2. The molecule has 2 atom stereocenters. The van der Waals surface area contributed by atoms with Gasteiger partial charge in [-0.2, -0.15) is 0 Å². The molecule has 0 spiro atoms. The molecule has 0 saturated carbocycles. The highest BCUT2D eigenvalue weighted by Gasteiger charge is 2.30. The molecule has 2 aromatic rings. The van der Waals surface area contributed by atoms with Gasteiger partial charge in [-0.05, 0) is 0 Å². The number of rotatable bonds is 8. The zero-order valence-corrected chi connectivity index (χ0v) is 17.4. The standard InChI is InChI=1S/C19H31N7O4/c1-29-9-7-24-10-15(12-28)30-16(11-24)26-14-22-17-18(20-13-21-19(17)26)25-4-2-23(3-5-25)6-8-27/h13-16,27-28H,2-12H2,1H3/t15-,16+/m0/s1. The molecule has 30 heavy (non-hydrogen) atoms. The summed E-state index contributed by atoms with van der Waals surface area (Å²) in [6, 6.07) is 0. The Morgan fingerprint density at radius 2 is 1.90 bits per heavy atom. The smallest absolute Gasteiger partial charge is 0.167 e. The maximum atomic E-state index is 9.68. The molecule has 0 bridgehead atoms. The fourth-order valence-corrected chi connectivity index (χ4v) is 4.16. The van der Waals surface area contributed by atoms with Gasteiger partial charge in [0.2, 0.25) is 0 Å². The maximum absolute atomic E-state index is 9.68. The number of hydrogen-bond donors (Lipinski definition) is 2. The van der Waals surface area contributed by atoms with E-state index in [4.69, 9.17) is 14.6 Å². The predicted molar refractivity (Wildman–Crippen MR) is 110 cm³/mol. The van der Waals surface area contributed by atoms with Gasteiger partial charge >= 0.3 is 0 Å². The molecule has 0 amide bonds. The van der Waals surface area contributed by atoms with Crippen molar-refractivity contribution in [1.29, 1.82) is 0 Å². The van der Waals surface area contributed by atoms with Crippen LogP contribution in [0.3, 0.4) is 0 Å². The van der Waals surface area contributed by atoms with E-state index in [-0.39, 0.29) is 25.5 Å². The lowest BCUT2D eigenvalue weighted by Crippen LogP contribution is -2.48. The third kappa shape index (κ3) is 4.56. The van der Waals surface area contributed by atoms with Crippen LogP contribution in [0.1, 0.15) is 6.23 Å². The average molecular weight is 422 g/mol. The molecule has 2 aromatic heterocycles. The Hall–Kier alpha value is -1.89. The van der Waals surface area contributed by atoms with Gasteiger partial charge in [0.25, 0.3) is 0 Å². The summed E-state index contributed by atoms with van der Waals surface area (Å²) in [5, 5.41) is 18.8. The lowest BCUT2D eigenvalue weighted by atomic mass is 10.2. The first kappa shape index (κ1) is 21.3. The van der Waals surface area contributed by atoms with E-state index < -0.39 is 0 Å². The minimum Gasteiger partial charge on any atom is -0.395 e. The van der Waals surface area contributed by atoms with Gasteiger partial charge in [-0.3, -0.25) is 14.4 Å². The molecule has 2 fully saturated rings. The van der Waals surface area contributed by atoms with Crippen molar-refractivity contribution in [2.75, 3.05) is 84.2 Å². The van der Waals surface area contributed by atoms with Gasteiger partial charge in [-0.1, -0.05) is 0 Å². The van der Waals surface area contributed by atoms with Gasteiger partial charge in [0.05, 0.1) is 32.3 Å². The SMILES string of the molecule is COCCN1C[C@@H](CO)O[C@@H](n2cnc3c(N4CCN(CCO)CC4)ncnc32)C1. The number of aromatic nitrogens is 4. The Bertz CT molecular complexity index is 811. The average Bonchev–Trinajstić information content (AvgIpc) is 3.22. The summed E-state index contributed by atoms with van der Waals surface area (Å²) in [6.07, 6.45) is 2.77. The molecule has 0 unspecified atom stereocenters. The third-order valence-electron chi connectivity index (χ3n) is 5.78. The van der Waals surface area contributed by atoms with Crippen molar-refractivity contribution in [2.45, 2.75) is 12.3 Å². The molecule has 2 N–H and O–H groups in total. The highest BCUT2D eigenvalue weighted by atomic mass is 16.5. The van der Waals surface area contributed by atoms with Crippen LogP contribution in [-0.4, -0.2) is 125 Å². The summed E-state index contributed by atoms with van der Waals surface area (Å²) >= 11 is 0. The molecule has 4 heterocycles. The van der Waals surface area contributed by atoms with Gasteiger partial charge < -0.3 is 24.6 Å². The van der Waals surface area contributed by atoms with Gasteiger partial charge in [-0.15, -0.1) is 0 Å². The second-order valence-electron chi connectivity index (χ2n) is 7.72. The quantitative estimate of drug-likeness (QED) is 0.538. The summed E-state index contributed by atoms with van der Waals surface area (Å²) in [5.41, 5.74) is 1.49. The molecular weight excluding hydrogens is 390 g/mol. The van der Waals surface area contributed by atoms with Crippen LogP contribution < -0.4 is 4.90 Å². The third-order valence-corrected chi connectivity index (χ3v) is 5.78. The molecule has 2 aliphatic heterocycles. The van der Waals surface area contributed by atoms with Crippen LogP contribution in [0, 0.1) is 0 Å². The van der Waals surface area contributed by atoms with Crippen LogP contribution in [0.15, 0.2) is 12.7 Å². The van der Waals surface area contributed by atoms with E-state index in [1.807, 2.05) is 4.57 Å². The summed E-state index contributed by atoms with van der Waals surface area (Å²) in [6.45, 7) is 7.01. The number of imidazole rings is 1. The van der Waals surface area contributed by atoms with E-state index in [0.29, 0.717) is 26.2 Å². The van der Waals surface area contributed by atoms with Crippen molar-refractivity contribution >= 4 is 17.0 Å². The first-order chi connectivity index (χ1) is 14.7. The first-order valence-electron chi connectivity index (χ1n) is 10.5. The number of fused-ring (bicyclic) bond motifs is 1. The zero-order valence-electron chi connectivity index (χ0n) is 17.4. The molecule has 4 rings (SSSR count). The van der Waals surface area contributed by atoms with Gasteiger partial charge in [0, 0.05) is 59.5 Å². The normalized spacial score (nSPS) is 24.0.